The van der Waals surface area contributed by atoms with Gasteiger partial charge in [0.2, 0.25) is 5.91 Å². The van der Waals surface area contributed by atoms with Gasteiger partial charge in [0.1, 0.15) is 12.3 Å². The Morgan fingerprint density at radius 2 is 2.26 bits per heavy atom. The Morgan fingerprint density at radius 3 is 2.87 bits per heavy atom. The second-order valence-corrected chi connectivity index (χ2v) is 5.74. The maximum atomic E-state index is 12.6. The van der Waals surface area contributed by atoms with Gasteiger partial charge in [-0.15, -0.1) is 0 Å². The molecule has 7 nitrogen and oxygen atoms in total. The van der Waals surface area contributed by atoms with E-state index in [9.17, 15) is 9.59 Å². The SMILES string of the molecule is Cc1cc(NC(=O)CN(CC2CC2)C(=O)c2cccnc2)no1. The third kappa shape index (κ3) is 4.15. The topological polar surface area (TPSA) is 88.3 Å². The third-order valence-corrected chi connectivity index (χ3v) is 3.60. The summed E-state index contributed by atoms with van der Waals surface area (Å²) in [4.78, 5) is 30.3. The standard InChI is InChI=1S/C16H18N4O3/c1-11-7-14(19-23-11)18-15(21)10-20(9-12-4-5-12)16(22)13-3-2-6-17-8-13/h2-3,6-8,12H,4-5,9-10H2,1H3,(H,18,19,21). The summed E-state index contributed by atoms with van der Waals surface area (Å²) in [5.74, 6) is 0.972. The number of carbonyl (C=O) groups excluding carboxylic acids is 2. The van der Waals surface area contributed by atoms with Crippen LogP contribution in [-0.4, -0.2) is 39.9 Å². The molecule has 2 heterocycles. The summed E-state index contributed by atoms with van der Waals surface area (Å²) >= 11 is 0. The molecule has 0 aromatic carbocycles. The van der Waals surface area contributed by atoms with Gasteiger partial charge in [-0.1, -0.05) is 5.16 Å². The molecular weight excluding hydrogens is 296 g/mol. The Bertz CT molecular complexity index is 694. The number of hydrogen-bond acceptors (Lipinski definition) is 5. The van der Waals surface area contributed by atoms with E-state index < -0.39 is 0 Å². The van der Waals surface area contributed by atoms with E-state index in [1.807, 2.05) is 0 Å². The summed E-state index contributed by atoms with van der Waals surface area (Å²) in [6, 6.07) is 5.04. The summed E-state index contributed by atoms with van der Waals surface area (Å²) in [7, 11) is 0. The molecule has 120 valence electrons. The molecular formula is C16H18N4O3. The lowest BCUT2D eigenvalue weighted by Crippen LogP contribution is -2.39. The molecule has 0 bridgehead atoms. The van der Waals surface area contributed by atoms with Crippen LogP contribution in [0.3, 0.4) is 0 Å². The molecule has 0 saturated heterocycles. The van der Waals surface area contributed by atoms with Gasteiger partial charge in [0.05, 0.1) is 5.56 Å². The summed E-state index contributed by atoms with van der Waals surface area (Å²) < 4.78 is 4.91. The average molecular weight is 314 g/mol. The number of aromatic nitrogens is 2. The Balaban J connectivity index is 1.66. The molecule has 1 fully saturated rings. The number of anilines is 1. The fourth-order valence-corrected chi connectivity index (χ4v) is 2.28. The van der Waals surface area contributed by atoms with E-state index in [4.69, 9.17) is 4.52 Å². The van der Waals surface area contributed by atoms with Crippen LogP contribution in [0.1, 0.15) is 29.0 Å². The molecule has 0 aliphatic heterocycles. The first kappa shape index (κ1) is 15.2. The molecule has 23 heavy (non-hydrogen) atoms. The number of nitrogens with zero attached hydrogens (tertiary/aromatic N) is 3. The smallest absolute Gasteiger partial charge is 0.255 e. The van der Waals surface area contributed by atoms with Gasteiger partial charge < -0.3 is 14.7 Å². The first-order valence-electron chi connectivity index (χ1n) is 7.54. The van der Waals surface area contributed by atoms with Crippen LogP contribution in [0.2, 0.25) is 0 Å². The molecule has 1 N–H and O–H groups in total. The Labute approximate surface area is 133 Å². The van der Waals surface area contributed by atoms with Crippen LogP contribution in [0.5, 0.6) is 0 Å². The van der Waals surface area contributed by atoms with Crippen molar-refractivity contribution in [3.8, 4) is 0 Å². The first-order valence-corrected chi connectivity index (χ1v) is 7.54. The number of rotatable bonds is 6. The number of carbonyl (C=O) groups is 2. The number of pyridine rings is 1. The molecule has 0 unspecified atom stereocenters. The maximum absolute atomic E-state index is 12.6. The molecule has 0 spiro atoms. The number of amides is 2. The van der Waals surface area contributed by atoms with Gasteiger partial charge in [0, 0.05) is 25.0 Å². The van der Waals surface area contributed by atoms with E-state index in [0.29, 0.717) is 29.6 Å². The Morgan fingerprint density at radius 1 is 1.43 bits per heavy atom. The van der Waals surface area contributed by atoms with Crippen molar-refractivity contribution in [3.05, 3.63) is 41.9 Å². The van der Waals surface area contributed by atoms with Crippen molar-refractivity contribution in [2.75, 3.05) is 18.4 Å². The van der Waals surface area contributed by atoms with E-state index >= 15 is 0 Å². The van der Waals surface area contributed by atoms with Crippen LogP contribution in [0.15, 0.2) is 35.1 Å². The van der Waals surface area contributed by atoms with E-state index in [1.54, 1.807) is 36.2 Å². The van der Waals surface area contributed by atoms with Crippen LogP contribution >= 0.6 is 0 Å². The second-order valence-electron chi connectivity index (χ2n) is 5.74. The van der Waals surface area contributed by atoms with Gasteiger partial charge in [-0.3, -0.25) is 14.6 Å². The largest absolute Gasteiger partial charge is 0.360 e. The van der Waals surface area contributed by atoms with Gasteiger partial charge >= 0.3 is 0 Å². The fourth-order valence-electron chi connectivity index (χ4n) is 2.28. The molecule has 1 aliphatic carbocycles. The highest BCUT2D eigenvalue weighted by molar-refractivity contribution is 5.98. The van der Waals surface area contributed by atoms with Crippen LogP contribution in [0.4, 0.5) is 5.82 Å². The van der Waals surface area contributed by atoms with Crippen molar-refractivity contribution in [2.24, 2.45) is 5.92 Å². The minimum absolute atomic E-state index is 0.0177. The molecule has 1 saturated carbocycles. The molecule has 2 amide bonds. The minimum atomic E-state index is -0.295. The maximum Gasteiger partial charge on any atom is 0.255 e. The van der Waals surface area contributed by atoms with Crippen molar-refractivity contribution in [3.63, 3.8) is 0 Å². The Kier molecular flexibility index (Phi) is 4.36. The zero-order chi connectivity index (χ0) is 16.2. The lowest BCUT2D eigenvalue weighted by molar-refractivity contribution is -0.117. The average Bonchev–Trinajstić information content (AvgIpc) is 3.27. The Hall–Kier alpha value is -2.70. The lowest BCUT2D eigenvalue weighted by Gasteiger charge is -2.21. The zero-order valence-electron chi connectivity index (χ0n) is 12.9. The second kappa shape index (κ2) is 6.60. The van der Waals surface area contributed by atoms with E-state index in [2.05, 4.69) is 15.5 Å². The lowest BCUT2D eigenvalue weighted by atomic mass is 10.2. The van der Waals surface area contributed by atoms with Crippen LogP contribution < -0.4 is 5.32 Å². The van der Waals surface area contributed by atoms with Gasteiger partial charge in [-0.05, 0) is 37.8 Å². The first-order chi connectivity index (χ1) is 11.1. The van der Waals surface area contributed by atoms with Gasteiger partial charge in [0.25, 0.3) is 5.91 Å². The van der Waals surface area contributed by atoms with Crippen LogP contribution in [0, 0.1) is 12.8 Å². The normalized spacial score (nSPS) is 13.6. The highest BCUT2D eigenvalue weighted by Crippen LogP contribution is 2.30. The molecule has 3 rings (SSSR count). The zero-order valence-corrected chi connectivity index (χ0v) is 12.9. The van der Waals surface area contributed by atoms with Crippen molar-refractivity contribution in [1.82, 2.24) is 15.0 Å². The number of hydrogen-bond donors (Lipinski definition) is 1. The van der Waals surface area contributed by atoms with E-state index in [-0.39, 0.29) is 18.4 Å². The summed E-state index contributed by atoms with van der Waals surface area (Å²) in [6.07, 6.45) is 5.32. The molecule has 0 radical (unpaired) electrons. The monoisotopic (exact) mass is 314 g/mol. The van der Waals surface area contributed by atoms with Crippen LogP contribution in [0.25, 0.3) is 0 Å². The minimum Gasteiger partial charge on any atom is -0.360 e. The predicted octanol–water partition coefficient (Wildman–Crippen LogP) is 1.87. The molecule has 1 aliphatic rings. The predicted molar refractivity (Wildman–Crippen MR) is 82.7 cm³/mol. The van der Waals surface area contributed by atoms with E-state index in [0.717, 1.165) is 12.8 Å². The van der Waals surface area contributed by atoms with Gasteiger partial charge in [-0.25, -0.2) is 0 Å². The van der Waals surface area contributed by atoms with Gasteiger partial charge in [0.15, 0.2) is 5.82 Å². The summed E-state index contributed by atoms with van der Waals surface area (Å²) in [5.41, 5.74) is 0.484. The van der Waals surface area contributed by atoms with Gasteiger partial charge in [-0.2, -0.15) is 0 Å². The molecule has 0 atom stereocenters. The highest BCUT2D eigenvalue weighted by atomic mass is 16.5. The quantitative estimate of drug-likeness (QED) is 0.879. The fraction of sp³-hybridized carbons (Fsp3) is 0.375. The van der Waals surface area contributed by atoms with Crippen LogP contribution in [-0.2, 0) is 4.79 Å². The summed E-state index contributed by atoms with van der Waals surface area (Å²) in [5, 5.41) is 6.36. The van der Waals surface area contributed by atoms with E-state index in [1.165, 1.54) is 6.20 Å². The van der Waals surface area contributed by atoms with Crippen molar-refractivity contribution < 1.29 is 14.1 Å². The third-order valence-electron chi connectivity index (χ3n) is 3.60. The summed E-state index contributed by atoms with van der Waals surface area (Å²) in [6.45, 7) is 2.31. The molecule has 7 heteroatoms. The van der Waals surface area contributed by atoms with Crippen molar-refractivity contribution in [2.45, 2.75) is 19.8 Å². The highest BCUT2D eigenvalue weighted by Gasteiger charge is 2.28. The van der Waals surface area contributed by atoms with Crippen molar-refractivity contribution in [1.29, 1.82) is 0 Å². The van der Waals surface area contributed by atoms with Crippen molar-refractivity contribution >= 4 is 17.6 Å². The number of nitrogens with one attached hydrogen (secondary N) is 1. The number of aryl methyl sites for hydroxylation is 1. The molecule has 2 aromatic heterocycles. The molecule has 2 aromatic rings.